The summed E-state index contributed by atoms with van der Waals surface area (Å²) in [6.45, 7) is 2.55. The number of nitrogens with zero attached hydrogens (tertiary/aromatic N) is 1. The average molecular weight is 298 g/mol. The van der Waals surface area contributed by atoms with E-state index in [1.165, 1.54) is 0 Å². The van der Waals surface area contributed by atoms with Gasteiger partial charge in [0, 0.05) is 36.7 Å². The van der Waals surface area contributed by atoms with Crippen molar-refractivity contribution in [3.05, 3.63) is 42.0 Å². The molecule has 116 valence electrons. The molecule has 3 rings (SSSR count). The zero-order valence-electron chi connectivity index (χ0n) is 12.4. The van der Waals surface area contributed by atoms with Gasteiger partial charge in [-0.05, 0) is 35.9 Å². The predicted molar refractivity (Wildman–Crippen MR) is 93.5 cm³/mol. The smallest absolute Gasteiger partial charge is 0.0688 e. The fourth-order valence-corrected chi connectivity index (χ4v) is 3.00. The van der Waals surface area contributed by atoms with Crippen molar-refractivity contribution in [2.45, 2.75) is 6.04 Å². The zero-order chi connectivity index (χ0) is 15.7. The maximum absolute atomic E-state index is 6.17. The zero-order valence-corrected chi connectivity index (χ0v) is 12.4. The van der Waals surface area contributed by atoms with Crippen LogP contribution >= 0.6 is 0 Å². The lowest BCUT2D eigenvalue weighted by Crippen LogP contribution is -2.46. The summed E-state index contributed by atoms with van der Waals surface area (Å²) < 4.78 is 0. The molecule has 1 aliphatic rings. The molecule has 6 nitrogen and oxygen atoms in total. The van der Waals surface area contributed by atoms with Crippen LogP contribution in [0.1, 0.15) is 11.6 Å². The predicted octanol–water partition coefficient (Wildman–Crippen LogP) is 1.17. The third-order valence-corrected chi connectivity index (χ3v) is 4.07. The molecule has 2 aromatic carbocycles. The third kappa shape index (κ3) is 2.60. The van der Waals surface area contributed by atoms with E-state index in [1.807, 2.05) is 24.3 Å². The van der Waals surface area contributed by atoms with Crippen LogP contribution in [-0.4, -0.2) is 19.6 Å². The van der Waals surface area contributed by atoms with Crippen LogP contribution in [0, 0.1) is 0 Å². The summed E-state index contributed by atoms with van der Waals surface area (Å²) >= 11 is 0. The summed E-state index contributed by atoms with van der Waals surface area (Å²) in [7, 11) is 0. The number of rotatable bonds is 2. The van der Waals surface area contributed by atoms with E-state index < -0.39 is 0 Å². The Morgan fingerprint density at radius 1 is 0.909 bits per heavy atom. The van der Waals surface area contributed by atoms with E-state index >= 15 is 0 Å². The van der Waals surface area contributed by atoms with Gasteiger partial charge in [0.25, 0.3) is 0 Å². The first-order valence-electron chi connectivity index (χ1n) is 7.33. The molecule has 1 atom stereocenters. The number of hydrogen-bond donors (Lipinski definition) is 5. The molecule has 1 saturated heterocycles. The highest BCUT2D eigenvalue weighted by atomic mass is 15.2. The molecule has 0 radical (unpaired) electrons. The Kier molecular flexibility index (Phi) is 3.68. The second kappa shape index (κ2) is 5.65. The van der Waals surface area contributed by atoms with Crippen molar-refractivity contribution in [3.63, 3.8) is 0 Å². The van der Waals surface area contributed by atoms with Gasteiger partial charge in [-0.2, -0.15) is 0 Å². The molecule has 0 spiro atoms. The first-order valence-corrected chi connectivity index (χ1v) is 7.33. The average Bonchev–Trinajstić information content (AvgIpc) is 2.48. The highest BCUT2D eigenvalue weighted by Crippen LogP contribution is 2.35. The molecule has 0 aliphatic carbocycles. The van der Waals surface area contributed by atoms with E-state index in [4.69, 9.17) is 22.9 Å². The van der Waals surface area contributed by atoms with Crippen molar-refractivity contribution < 1.29 is 0 Å². The van der Waals surface area contributed by atoms with Crippen LogP contribution in [0.15, 0.2) is 36.4 Å². The molecular weight excluding hydrogens is 276 g/mol. The van der Waals surface area contributed by atoms with Gasteiger partial charge in [0.05, 0.1) is 17.4 Å². The number of benzene rings is 2. The quantitative estimate of drug-likeness (QED) is 0.531. The summed E-state index contributed by atoms with van der Waals surface area (Å²) in [6, 6.07) is 11.4. The maximum Gasteiger partial charge on any atom is 0.0688 e. The van der Waals surface area contributed by atoms with Gasteiger partial charge in [0.15, 0.2) is 0 Å². The molecule has 0 bridgehead atoms. The molecule has 1 fully saturated rings. The SMILES string of the molecule is Nc1ccc(C2CNCCN2c2ccc(N)cc2N)c(N)c1. The van der Waals surface area contributed by atoms with Gasteiger partial charge < -0.3 is 33.2 Å². The Balaban J connectivity index is 2.01. The van der Waals surface area contributed by atoms with Crippen LogP contribution in [0.2, 0.25) is 0 Å². The summed E-state index contributed by atoms with van der Waals surface area (Å²) in [5, 5.41) is 3.41. The number of nitrogens with one attached hydrogen (secondary N) is 1. The molecule has 1 aliphatic heterocycles. The highest BCUT2D eigenvalue weighted by Gasteiger charge is 2.26. The van der Waals surface area contributed by atoms with Crippen LogP contribution in [0.4, 0.5) is 28.4 Å². The molecule has 6 heteroatoms. The minimum atomic E-state index is 0.111. The van der Waals surface area contributed by atoms with Crippen LogP contribution < -0.4 is 33.2 Å². The van der Waals surface area contributed by atoms with Gasteiger partial charge in [-0.25, -0.2) is 0 Å². The molecule has 2 aromatic rings. The number of nitrogens with two attached hydrogens (primary N) is 4. The second-order valence-electron chi connectivity index (χ2n) is 5.62. The Hall–Kier alpha value is -2.60. The molecule has 0 aromatic heterocycles. The number of nitrogen functional groups attached to an aromatic ring is 4. The molecule has 22 heavy (non-hydrogen) atoms. The largest absolute Gasteiger partial charge is 0.399 e. The van der Waals surface area contributed by atoms with E-state index in [0.717, 1.165) is 30.9 Å². The molecule has 1 heterocycles. The third-order valence-electron chi connectivity index (χ3n) is 4.07. The number of hydrogen-bond acceptors (Lipinski definition) is 6. The fourth-order valence-electron chi connectivity index (χ4n) is 3.00. The van der Waals surface area contributed by atoms with Crippen LogP contribution in [-0.2, 0) is 0 Å². The van der Waals surface area contributed by atoms with Gasteiger partial charge in [-0.3, -0.25) is 0 Å². The Labute approximate surface area is 130 Å². The molecule has 0 saturated carbocycles. The molecular formula is C16H22N6. The number of anilines is 5. The van der Waals surface area contributed by atoms with Crippen LogP contribution in [0.3, 0.4) is 0 Å². The van der Waals surface area contributed by atoms with Gasteiger partial charge in [-0.15, -0.1) is 0 Å². The van der Waals surface area contributed by atoms with Crippen molar-refractivity contribution in [2.75, 3.05) is 47.5 Å². The second-order valence-corrected chi connectivity index (χ2v) is 5.62. The van der Waals surface area contributed by atoms with E-state index in [2.05, 4.69) is 10.2 Å². The topological polar surface area (TPSA) is 119 Å². The summed E-state index contributed by atoms with van der Waals surface area (Å²) in [6.07, 6.45) is 0. The monoisotopic (exact) mass is 298 g/mol. The molecule has 1 unspecified atom stereocenters. The van der Waals surface area contributed by atoms with Crippen molar-refractivity contribution in [2.24, 2.45) is 0 Å². The standard InChI is InChI=1S/C16H22N6/c17-10-1-3-12(13(19)7-10)16-9-21-5-6-22(16)15-4-2-11(18)8-14(15)20/h1-4,7-8,16,21H,5-6,9,17-20H2. The van der Waals surface area contributed by atoms with Gasteiger partial charge >= 0.3 is 0 Å². The summed E-state index contributed by atoms with van der Waals surface area (Å²) in [5.74, 6) is 0. The van der Waals surface area contributed by atoms with E-state index in [1.54, 1.807) is 12.1 Å². The Morgan fingerprint density at radius 2 is 1.59 bits per heavy atom. The maximum atomic E-state index is 6.17. The van der Waals surface area contributed by atoms with Gasteiger partial charge in [0.1, 0.15) is 0 Å². The van der Waals surface area contributed by atoms with Crippen LogP contribution in [0.25, 0.3) is 0 Å². The van der Waals surface area contributed by atoms with Crippen molar-refractivity contribution in [1.82, 2.24) is 5.32 Å². The van der Waals surface area contributed by atoms with E-state index in [-0.39, 0.29) is 6.04 Å². The lowest BCUT2D eigenvalue weighted by molar-refractivity contribution is 0.491. The van der Waals surface area contributed by atoms with Gasteiger partial charge in [0.2, 0.25) is 0 Å². The lowest BCUT2D eigenvalue weighted by atomic mass is 9.99. The first kappa shape index (κ1) is 14.3. The lowest BCUT2D eigenvalue weighted by Gasteiger charge is -2.39. The first-order chi connectivity index (χ1) is 10.6. The minimum Gasteiger partial charge on any atom is -0.399 e. The van der Waals surface area contributed by atoms with Crippen molar-refractivity contribution in [3.8, 4) is 0 Å². The minimum absolute atomic E-state index is 0.111. The summed E-state index contributed by atoms with van der Waals surface area (Å²) in [4.78, 5) is 2.27. The molecule has 0 amide bonds. The number of piperazine rings is 1. The Morgan fingerprint density at radius 3 is 2.27 bits per heavy atom. The van der Waals surface area contributed by atoms with Crippen molar-refractivity contribution >= 4 is 28.4 Å². The van der Waals surface area contributed by atoms with Crippen molar-refractivity contribution in [1.29, 1.82) is 0 Å². The summed E-state index contributed by atoms with van der Waals surface area (Å²) in [5.41, 5.74) is 28.7. The highest BCUT2D eigenvalue weighted by molar-refractivity contribution is 5.73. The van der Waals surface area contributed by atoms with E-state index in [0.29, 0.717) is 22.7 Å². The molecule has 9 N–H and O–H groups in total. The fraction of sp³-hybridized carbons (Fsp3) is 0.250. The Bertz CT molecular complexity index is 625. The van der Waals surface area contributed by atoms with Gasteiger partial charge in [-0.1, -0.05) is 6.07 Å². The van der Waals surface area contributed by atoms with Crippen LogP contribution in [0.5, 0.6) is 0 Å². The normalized spacial score (nSPS) is 18.4. The van der Waals surface area contributed by atoms with E-state index in [9.17, 15) is 0 Å².